The molecule has 146 valence electrons. The fraction of sp³-hybridized carbons (Fsp3) is 0.333. The lowest BCUT2D eigenvalue weighted by Gasteiger charge is -2.32. The number of hydrogen-bond donors (Lipinski definition) is 1. The van der Waals surface area contributed by atoms with E-state index in [0.29, 0.717) is 35.2 Å². The maximum absolute atomic E-state index is 13.1. The fourth-order valence-corrected chi connectivity index (χ4v) is 4.06. The summed E-state index contributed by atoms with van der Waals surface area (Å²) in [5.41, 5.74) is 2.47. The first-order valence-electron chi connectivity index (χ1n) is 9.26. The molecule has 0 aliphatic carbocycles. The van der Waals surface area contributed by atoms with Crippen LogP contribution in [0.25, 0.3) is 11.0 Å². The van der Waals surface area contributed by atoms with Crippen LogP contribution in [0.5, 0.6) is 11.5 Å². The normalized spacial score (nSPS) is 17.0. The second-order valence-electron chi connectivity index (χ2n) is 6.92. The van der Waals surface area contributed by atoms with E-state index in [1.807, 2.05) is 29.2 Å². The van der Waals surface area contributed by atoms with E-state index in [1.54, 1.807) is 12.1 Å². The van der Waals surface area contributed by atoms with E-state index in [4.69, 9.17) is 26.1 Å². The number of nitrogens with zero attached hydrogens (tertiary/aromatic N) is 2. The molecule has 1 amide bonds. The number of nitrogens with one attached hydrogen (secondary N) is 1. The Morgan fingerprint density at radius 2 is 2.07 bits per heavy atom. The first-order valence-corrected chi connectivity index (χ1v) is 9.64. The molecule has 2 heterocycles. The van der Waals surface area contributed by atoms with Crippen LogP contribution in [0, 0.1) is 0 Å². The van der Waals surface area contributed by atoms with Gasteiger partial charge in [-0.15, -0.1) is 0 Å². The number of carbonyl (C=O) groups is 1. The number of carbonyl (C=O) groups excluding carboxylic acids is 1. The summed E-state index contributed by atoms with van der Waals surface area (Å²) in [7, 11) is 3.05. The van der Waals surface area contributed by atoms with E-state index in [0.717, 1.165) is 29.7 Å². The Hall–Kier alpha value is -2.73. The molecule has 1 aliphatic heterocycles. The van der Waals surface area contributed by atoms with Crippen molar-refractivity contribution >= 4 is 28.5 Å². The maximum Gasteiger partial charge on any atom is 0.254 e. The SMILES string of the molecule is COc1cc(C(=O)N2CCC[C@H](c3nc4ccccc4[nH]3)C2)cc(Cl)c1OC. The molecule has 7 heteroatoms. The maximum atomic E-state index is 13.1. The zero-order valence-electron chi connectivity index (χ0n) is 15.9. The van der Waals surface area contributed by atoms with Gasteiger partial charge in [0.15, 0.2) is 11.5 Å². The van der Waals surface area contributed by atoms with Gasteiger partial charge in [0, 0.05) is 24.6 Å². The van der Waals surface area contributed by atoms with Crippen LogP contribution in [-0.2, 0) is 0 Å². The molecular formula is C21H22ClN3O3. The van der Waals surface area contributed by atoms with Crippen molar-refractivity contribution in [2.75, 3.05) is 27.3 Å². The highest BCUT2D eigenvalue weighted by atomic mass is 35.5. The largest absolute Gasteiger partial charge is 0.493 e. The Bertz CT molecular complexity index is 984. The van der Waals surface area contributed by atoms with Crippen LogP contribution in [-0.4, -0.2) is 48.1 Å². The average Bonchev–Trinajstić information content (AvgIpc) is 3.17. The predicted molar refractivity (Wildman–Crippen MR) is 109 cm³/mol. The third-order valence-corrected chi connectivity index (χ3v) is 5.46. The smallest absolute Gasteiger partial charge is 0.254 e. The summed E-state index contributed by atoms with van der Waals surface area (Å²) >= 11 is 6.28. The molecule has 1 N–H and O–H groups in total. The van der Waals surface area contributed by atoms with E-state index in [-0.39, 0.29) is 11.8 Å². The Balaban J connectivity index is 1.57. The van der Waals surface area contributed by atoms with Crippen LogP contribution >= 0.6 is 11.6 Å². The summed E-state index contributed by atoms with van der Waals surface area (Å²) in [6.45, 7) is 1.33. The number of H-pyrrole nitrogens is 1. The Kier molecular flexibility index (Phi) is 5.13. The first kappa shape index (κ1) is 18.6. The van der Waals surface area contributed by atoms with Crippen molar-refractivity contribution in [3.63, 3.8) is 0 Å². The molecule has 4 rings (SSSR count). The minimum Gasteiger partial charge on any atom is -0.493 e. The number of imidazole rings is 1. The fourth-order valence-electron chi connectivity index (χ4n) is 3.77. The number of para-hydroxylation sites is 2. The van der Waals surface area contributed by atoms with Crippen molar-refractivity contribution in [3.05, 3.63) is 52.8 Å². The lowest BCUT2D eigenvalue weighted by Crippen LogP contribution is -2.39. The molecule has 1 aromatic heterocycles. The molecule has 0 bridgehead atoms. The number of benzene rings is 2. The summed E-state index contributed by atoms with van der Waals surface area (Å²) in [5.74, 6) is 1.93. The van der Waals surface area contributed by atoms with Crippen molar-refractivity contribution in [1.29, 1.82) is 0 Å². The second-order valence-corrected chi connectivity index (χ2v) is 7.33. The van der Waals surface area contributed by atoms with Crippen LogP contribution < -0.4 is 9.47 Å². The van der Waals surface area contributed by atoms with Crippen LogP contribution in [0.1, 0.15) is 34.9 Å². The Morgan fingerprint density at radius 1 is 1.25 bits per heavy atom. The van der Waals surface area contributed by atoms with Gasteiger partial charge in [-0.25, -0.2) is 4.98 Å². The van der Waals surface area contributed by atoms with Gasteiger partial charge in [0.05, 0.1) is 30.3 Å². The van der Waals surface area contributed by atoms with Gasteiger partial charge in [-0.3, -0.25) is 4.79 Å². The van der Waals surface area contributed by atoms with Crippen molar-refractivity contribution in [2.45, 2.75) is 18.8 Å². The molecular weight excluding hydrogens is 378 g/mol. The monoisotopic (exact) mass is 399 g/mol. The number of methoxy groups -OCH3 is 2. The lowest BCUT2D eigenvalue weighted by molar-refractivity contribution is 0.0704. The van der Waals surface area contributed by atoms with E-state index in [9.17, 15) is 4.79 Å². The minimum atomic E-state index is -0.0661. The van der Waals surface area contributed by atoms with Gasteiger partial charge in [0.2, 0.25) is 0 Å². The van der Waals surface area contributed by atoms with Crippen molar-refractivity contribution < 1.29 is 14.3 Å². The van der Waals surface area contributed by atoms with Crippen molar-refractivity contribution in [1.82, 2.24) is 14.9 Å². The second kappa shape index (κ2) is 7.72. The molecule has 1 aliphatic rings. The summed E-state index contributed by atoms with van der Waals surface area (Å²) in [4.78, 5) is 23.1. The summed E-state index contributed by atoms with van der Waals surface area (Å²) in [6.07, 6.45) is 1.92. The van der Waals surface area contributed by atoms with Crippen LogP contribution in [0.3, 0.4) is 0 Å². The predicted octanol–water partition coefficient (Wildman–Crippen LogP) is 4.25. The van der Waals surface area contributed by atoms with Gasteiger partial charge in [-0.2, -0.15) is 0 Å². The number of aromatic amines is 1. The number of fused-ring (bicyclic) bond motifs is 1. The standard InChI is InChI=1S/C21H22ClN3O3/c1-27-18-11-14(10-15(22)19(18)28-2)21(26)25-9-5-6-13(12-25)20-23-16-7-3-4-8-17(16)24-20/h3-4,7-8,10-11,13H,5-6,9,12H2,1-2H3,(H,23,24)/t13-/m0/s1. The number of aromatic nitrogens is 2. The van der Waals surface area contributed by atoms with E-state index in [2.05, 4.69) is 4.98 Å². The van der Waals surface area contributed by atoms with Gasteiger partial charge < -0.3 is 19.4 Å². The topological polar surface area (TPSA) is 67.5 Å². The number of ether oxygens (including phenoxy) is 2. The van der Waals surface area contributed by atoms with Crippen LogP contribution in [0.15, 0.2) is 36.4 Å². The quantitative estimate of drug-likeness (QED) is 0.712. The Morgan fingerprint density at radius 3 is 2.82 bits per heavy atom. The molecule has 0 spiro atoms. The van der Waals surface area contributed by atoms with E-state index < -0.39 is 0 Å². The summed E-state index contributed by atoms with van der Waals surface area (Å²) in [6, 6.07) is 11.3. The number of hydrogen-bond acceptors (Lipinski definition) is 4. The molecule has 0 unspecified atom stereocenters. The number of rotatable bonds is 4. The molecule has 3 aromatic rings. The zero-order chi connectivity index (χ0) is 19.7. The summed E-state index contributed by atoms with van der Waals surface area (Å²) in [5, 5.41) is 0.357. The van der Waals surface area contributed by atoms with Crippen molar-refractivity contribution in [2.24, 2.45) is 0 Å². The molecule has 0 radical (unpaired) electrons. The minimum absolute atomic E-state index is 0.0661. The molecule has 1 fully saturated rings. The van der Waals surface area contributed by atoms with E-state index >= 15 is 0 Å². The van der Waals surface area contributed by atoms with Gasteiger partial charge in [0.25, 0.3) is 5.91 Å². The average molecular weight is 400 g/mol. The highest BCUT2D eigenvalue weighted by Gasteiger charge is 2.28. The highest BCUT2D eigenvalue weighted by Crippen LogP contribution is 2.37. The first-order chi connectivity index (χ1) is 13.6. The van der Waals surface area contributed by atoms with Crippen LogP contribution in [0.2, 0.25) is 5.02 Å². The lowest BCUT2D eigenvalue weighted by atomic mass is 9.96. The molecule has 0 saturated carbocycles. The third-order valence-electron chi connectivity index (χ3n) is 5.18. The third kappa shape index (κ3) is 3.40. The van der Waals surface area contributed by atoms with Gasteiger partial charge in [-0.05, 0) is 37.1 Å². The molecule has 28 heavy (non-hydrogen) atoms. The molecule has 2 aromatic carbocycles. The number of halogens is 1. The molecule has 1 saturated heterocycles. The van der Waals surface area contributed by atoms with Crippen LogP contribution in [0.4, 0.5) is 0 Å². The van der Waals surface area contributed by atoms with Gasteiger partial charge in [0.1, 0.15) is 5.82 Å². The Labute approximate surface area is 168 Å². The number of piperidine rings is 1. The summed E-state index contributed by atoms with van der Waals surface area (Å²) < 4.78 is 10.6. The van der Waals surface area contributed by atoms with E-state index in [1.165, 1.54) is 14.2 Å². The number of amides is 1. The van der Waals surface area contributed by atoms with Gasteiger partial charge >= 0.3 is 0 Å². The number of likely N-dealkylation sites (tertiary alicyclic amines) is 1. The van der Waals surface area contributed by atoms with Gasteiger partial charge in [-0.1, -0.05) is 23.7 Å². The molecule has 1 atom stereocenters. The highest BCUT2D eigenvalue weighted by molar-refractivity contribution is 6.32. The van der Waals surface area contributed by atoms with Crippen molar-refractivity contribution in [3.8, 4) is 11.5 Å². The molecule has 6 nitrogen and oxygen atoms in total. The zero-order valence-corrected chi connectivity index (χ0v) is 16.6.